The van der Waals surface area contributed by atoms with Crippen molar-refractivity contribution in [3.63, 3.8) is 0 Å². The first-order valence-electron chi connectivity index (χ1n) is 8.64. The molecule has 0 aliphatic rings. The van der Waals surface area contributed by atoms with E-state index in [-0.39, 0.29) is 30.1 Å². The molecule has 27 heavy (non-hydrogen) atoms. The Morgan fingerprint density at radius 3 is 2.67 bits per heavy atom. The number of esters is 1. The predicted octanol–water partition coefficient (Wildman–Crippen LogP) is 3.22. The van der Waals surface area contributed by atoms with Crippen LogP contribution in [0.2, 0.25) is 0 Å². The van der Waals surface area contributed by atoms with E-state index in [4.69, 9.17) is 4.74 Å². The minimum absolute atomic E-state index is 0.0354. The second-order valence-electron chi connectivity index (χ2n) is 6.02. The molecule has 0 aliphatic heterocycles. The topological polar surface area (TPSA) is 84.1 Å². The molecule has 0 aliphatic carbocycles. The number of benzene rings is 2. The summed E-state index contributed by atoms with van der Waals surface area (Å²) in [5.41, 5.74) is 2.79. The number of nitrogens with zero attached hydrogens (tertiary/aromatic N) is 1. The molecular formula is C20H21N3O3S. The third-order valence-electron chi connectivity index (χ3n) is 3.93. The summed E-state index contributed by atoms with van der Waals surface area (Å²) in [5, 5.41) is 2.62. The van der Waals surface area contributed by atoms with Crippen LogP contribution in [-0.2, 0) is 20.9 Å². The Hall–Kier alpha value is -2.80. The van der Waals surface area contributed by atoms with Crippen LogP contribution in [0, 0.1) is 0 Å². The Labute approximate surface area is 161 Å². The molecule has 1 aromatic heterocycles. The van der Waals surface area contributed by atoms with Crippen LogP contribution in [0.15, 0.2) is 54.6 Å². The molecule has 1 amide bonds. The SMILES string of the molecule is CC(SCC(=O)NCC(=O)OCc1ccccc1)c1nc2ccccc2[nH]1. The number of amides is 1. The zero-order valence-electron chi connectivity index (χ0n) is 15.0. The summed E-state index contributed by atoms with van der Waals surface area (Å²) in [4.78, 5) is 31.5. The maximum atomic E-state index is 12.0. The molecule has 1 heterocycles. The Bertz CT molecular complexity index is 878. The molecule has 0 saturated heterocycles. The molecule has 1 unspecified atom stereocenters. The summed E-state index contributed by atoms with van der Waals surface area (Å²) in [6.07, 6.45) is 0. The number of carbonyl (C=O) groups is 2. The first-order chi connectivity index (χ1) is 13.1. The number of thioether (sulfide) groups is 1. The fourth-order valence-corrected chi connectivity index (χ4v) is 3.23. The zero-order chi connectivity index (χ0) is 19.1. The maximum Gasteiger partial charge on any atom is 0.325 e. The van der Waals surface area contributed by atoms with Crippen molar-refractivity contribution in [2.75, 3.05) is 12.3 Å². The molecule has 0 fully saturated rings. The second-order valence-corrected chi connectivity index (χ2v) is 7.34. The van der Waals surface area contributed by atoms with Crippen molar-refractivity contribution in [1.29, 1.82) is 0 Å². The van der Waals surface area contributed by atoms with Crippen molar-refractivity contribution in [1.82, 2.24) is 15.3 Å². The van der Waals surface area contributed by atoms with E-state index >= 15 is 0 Å². The summed E-state index contributed by atoms with van der Waals surface area (Å²) in [6.45, 7) is 2.06. The summed E-state index contributed by atoms with van der Waals surface area (Å²) in [5.74, 6) is 0.405. The number of carbonyl (C=O) groups excluding carboxylic acids is 2. The van der Waals surface area contributed by atoms with Crippen LogP contribution in [0.1, 0.15) is 23.6 Å². The van der Waals surface area contributed by atoms with Gasteiger partial charge in [-0.05, 0) is 24.6 Å². The average molecular weight is 383 g/mol. The number of ether oxygens (including phenoxy) is 1. The van der Waals surface area contributed by atoms with Gasteiger partial charge in [0.15, 0.2) is 0 Å². The number of aromatic nitrogens is 2. The van der Waals surface area contributed by atoms with Crippen LogP contribution in [0.25, 0.3) is 11.0 Å². The minimum atomic E-state index is -0.456. The van der Waals surface area contributed by atoms with Crippen LogP contribution in [-0.4, -0.2) is 34.1 Å². The van der Waals surface area contributed by atoms with Crippen molar-refractivity contribution < 1.29 is 14.3 Å². The van der Waals surface area contributed by atoms with Crippen LogP contribution in [0.5, 0.6) is 0 Å². The van der Waals surface area contributed by atoms with Crippen LogP contribution in [0.4, 0.5) is 0 Å². The summed E-state index contributed by atoms with van der Waals surface area (Å²) < 4.78 is 5.13. The van der Waals surface area contributed by atoms with Crippen molar-refractivity contribution in [3.8, 4) is 0 Å². The van der Waals surface area contributed by atoms with Gasteiger partial charge in [-0.25, -0.2) is 4.98 Å². The lowest BCUT2D eigenvalue weighted by atomic mass is 10.2. The van der Waals surface area contributed by atoms with Gasteiger partial charge in [0.25, 0.3) is 0 Å². The first kappa shape index (κ1) is 19.0. The van der Waals surface area contributed by atoms with E-state index in [1.54, 1.807) is 0 Å². The molecule has 3 aromatic rings. The number of fused-ring (bicyclic) bond motifs is 1. The van der Waals surface area contributed by atoms with Crippen LogP contribution in [0.3, 0.4) is 0 Å². The highest BCUT2D eigenvalue weighted by molar-refractivity contribution is 8.00. The number of hydrogen-bond acceptors (Lipinski definition) is 5. The quantitative estimate of drug-likeness (QED) is 0.584. The number of imidazole rings is 1. The van der Waals surface area contributed by atoms with Gasteiger partial charge in [-0.3, -0.25) is 9.59 Å². The lowest BCUT2D eigenvalue weighted by Gasteiger charge is -2.09. The van der Waals surface area contributed by atoms with Gasteiger partial charge >= 0.3 is 5.97 Å². The number of nitrogens with one attached hydrogen (secondary N) is 2. The minimum Gasteiger partial charge on any atom is -0.460 e. The highest BCUT2D eigenvalue weighted by Gasteiger charge is 2.14. The van der Waals surface area contributed by atoms with Gasteiger partial charge in [0.2, 0.25) is 5.91 Å². The van der Waals surface area contributed by atoms with E-state index in [2.05, 4.69) is 15.3 Å². The molecule has 7 heteroatoms. The smallest absolute Gasteiger partial charge is 0.325 e. The van der Waals surface area contributed by atoms with Crippen molar-refractivity contribution in [2.45, 2.75) is 18.8 Å². The van der Waals surface area contributed by atoms with E-state index in [0.29, 0.717) is 0 Å². The van der Waals surface area contributed by atoms with Crippen LogP contribution < -0.4 is 5.32 Å². The standard InChI is InChI=1S/C20H21N3O3S/c1-14(20-22-16-9-5-6-10-17(16)23-20)27-13-18(24)21-11-19(25)26-12-15-7-3-2-4-8-15/h2-10,14H,11-13H2,1H3,(H,21,24)(H,22,23). The maximum absolute atomic E-state index is 12.0. The molecule has 0 spiro atoms. The largest absolute Gasteiger partial charge is 0.460 e. The summed E-state index contributed by atoms with van der Waals surface area (Å²) in [7, 11) is 0. The summed E-state index contributed by atoms with van der Waals surface area (Å²) >= 11 is 1.46. The third-order valence-corrected chi connectivity index (χ3v) is 5.08. The highest BCUT2D eigenvalue weighted by Crippen LogP contribution is 2.27. The molecule has 1 atom stereocenters. The number of hydrogen-bond donors (Lipinski definition) is 2. The average Bonchev–Trinajstić information content (AvgIpc) is 3.14. The lowest BCUT2D eigenvalue weighted by molar-refractivity contribution is -0.145. The van der Waals surface area contributed by atoms with E-state index in [1.165, 1.54) is 11.8 Å². The normalized spacial score (nSPS) is 11.9. The molecule has 6 nitrogen and oxygen atoms in total. The second kappa shape index (κ2) is 9.23. The zero-order valence-corrected chi connectivity index (χ0v) is 15.8. The van der Waals surface area contributed by atoms with Gasteiger partial charge < -0.3 is 15.0 Å². The molecule has 0 bridgehead atoms. The third kappa shape index (κ3) is 5.59. The van der Waals surface area contributed by atoms with Gasteiger partial charge in [0.1, 0.15) is 19.0 Å². The van der Waals surface area contributed by atoms with Crippen molar-refractivity contribution >= 4 is 34.7 Å². The number of para-hydroxylation sites is 2. The van der Waals surface area contributed by atoms with Gasteiger partial charge in [-0.15, -0.1) is 11.8 Å². The van der Waals surface area contributed by atoms with Crippen molar-refractivity contribution in [3.05, 3.63) is 66.0 Å². The first-order valence-corrected chi connectivity index (χ1v) is 9.69. The van der Waals surface area contributed by atoms with Gasteiger partial charge in [-0.2, -0.15) is 0 Å². The Balaban J connectivity index is 1.38. The molecule has 3 rings (SSSR count). The fraction of sp³-hybridized carbons (Fsp3) is 0.250. The Kier molecular flexibility index (Phi) is 6.49. The fourth-order valence-electron chi connectivity index (χ4n) is 2.46. The van der Waals surface area contributed by atoms with Crippen LogP contribution >= 0.6 is 11.8 Å². The molecule has 0 radical (unpaired) electrons. The monoisotopic (exact) mass is 383 g/mol. The van der Waals surface area contributed by atoms with E-state index in [0.717, 1.165) is 22.4 Å². The molecule has 0 saturated carbocycles. The highest BCUT2D eigenvalue weighted by atomic mass is 32.2. The van der Waals surface area contributed by atoms with Gasteiger partial charge in [0.05, 0.1) is 22.0 Å². The predicted molar refractivity (Wildman–Crippen MR) is 106 cm³/mol. The lowest BCUT2D eigenvalue weighted by Crippen LogP contribution is -2.32. The van der Waals surface area contributed by atoms with Gasteiger partial charge in [-0.1, -0.05) is 42.5 Å². The van der Waals surface area contributed by atoms with Crippen molar-refractivity contribution in [2.24, 2.45) is 0 Å². The number of H-pyrrole nitrogens is 1. The Morgan fingerprint density at radius 1 is 1.15 bits per heavy atom. The summed E-state index contributed by atoms with van der Waals surface area (Å²) in [6, 6.07) is 17.2. The van der Waals surface area contributed by atoms with Gasteiger partial charge in [0, 0.05) is 0 Å². The van der Waals surface area contributed by atoms with E-state index in [1.807, 2.05) is 61.5 Å². The number of aromatic amines is 1. The molecule has 140 valence electrons. The Morgan fingerprint density at radius 2 is 1.89 bits per heavy atom. The molecule has 2 N–H and O–H groups in total. The molecular weight excluding hydrogens is 362 g/mol. The molecule has 2 aromatic carbocycles. The van der Waals surface area contributed by atoms with E-state index in [9.17, 15) is 9.59 Å². The van der Waals surface area contributed by atoms with E-state index < -0.39 is 5.97 Å². The number of rotatable bonds is 8.